The lowest BCUT2D eigenvalue weighted by Gasteiger charge is -1.63. The van der Waals surface area contributed by atoms with Gasteiger partial charge in [0.15, 0.2) is 0 Å². The Kier molecular flexibility index (Phi) is 4.45. The van der Waals surface area contributed by atoms with Gasteiger partial charge in [0.25, 0.3) is 0 Å². The average molecular weight is 77.7 g/mol. The molecule has 2 heteroatoms. The van der Waals surface area contributed by atoms with Gasteiger partial charge in [0, 0.05) is 0 Å². The van der Waals surface area contributed by atoms with E-state index in [2.05, 4.69) is 26.4 Å². The Morgan fingerprint density at radius 2 is 2.50 bits per heavy atom. The molecule has 0 aliphatic rings. The first kappa shape index (κ1) is 5.69. The van der Waals surface area contributed by atoms with E-state index >= 15 is 0 Å². The normalized spacial score (nSPS) is 5.50. The minimum absolute atomic E-state index is 0.994. The molecule has 0 saturated heterocycles. The maximum atomic E-state index is 2.95. The van der Waals surface area contributed by atoms with Gasteiger partial charge in [-0.05, 0) is 6.32 Å². The summed E-state index contributed by atoms with van der Waals surface area (Å²) in [5.41, 5.74) is 0. The molecule has 6 heavy (non-hydrogen) atoms. The summed E-state index contributed by atoms with van der Waals surface area (Å²) in [4.78, 5) is 0. The van der Waals surface area contributed by atoms with E-state index in [9.17, 15) is 0 Å². The SMILES string of the molecule is BCC#CBC. The van der Waals surface area contributed by atoms with Crippen molar-refractivity contribution in [3.63, 3.8) is 0 Å². The van der Waals surface area contributed by atoms with Crippen molar-refractivity contribution >= 4 is 15.1 Å². The predicted molar refractivity (Wildman–Crippen MR) is 34.1 cm³/mol. The van der Waals surface area contributed by atoms with E-state index in [1.54, 1.807) is 0 Å². The van der Waals surface area contributed by atoms with E-state index in [1.807, 2.05) is 0 Å². The van der Waals surface area contributed by atoms with Gasteiger partial charge in [0.1, 0.15) is 7.85 Å². The Balaban J connectivity index is 2.90. The van der Waals surface area contributed by atoms with Crippen molar-refractivity contribution in [1.29, 1.82) is 0 Å². The van der Waals surface area contributed by atoms with Gasteiger partial charge in [-0.2, -0.15) is 5.82 Å². The lowest BCUT2D eigenvalue weighted by Crippen LogP contribution is -1.69. The lowest BCUT2D eigenvalue weighted by atomic mass is 9.83. The van der Waals surface area contributed by atoms with Crippen LogP contribution in [0, 0.1) is 11.7 Å². The third-order valence-electron chi connectivity index (χ3n) is 0.479. The van der Waals surface area contributed by atoms with E-state index in [0.717, 1.165) is 13.6 Å². The molecule has 0 aromatic heterocycles. The fourth-order valence-corrected chi connectivity index (χ4v) is 0.250. The highest BCUT2D eigenvalue weighted by molar-refractivity contribution is 6.44. The third kappa shape index (κ3) is 3.69. The zero-order chi connectivity index (χ0) is 4.83. The quantitative estimate of drug-likeness (QED) is 0.270. The highest BCUT2D eigenvalue weighted by Gasteiger charge is 1.60. The first-order valence-electron chi connectivity index (χ1n) is 2.37. The molecule has 0 fully saturated rings. The highest BCUT2D eigenvalue weighted by Crippen LogP contribution is 1.59. The van der Waals surface area contributed by atoms with Crippen molar-refractivity contribution in [2.24, 2.45) is 0 Å². The van der Waals surface area contributed by atoms with Crippen molar-refractivity contribution in [3.8, 4) is 11.7 Å². The molecule has 0 aliphatic carbocycles. The van der Waals surface area contributed by atoms with E-state index in [-0.39, 0.29) is 0 Å². The van der Waals surface area contributed by atoms with E-state index in [4.69, 9.17) is 0 Å². The Morgan fingerprint density at radius 1 is 1.83 bits per heavy atom. The number of rotatable bonds is 0. The van der Waals surface area contributed by atoms with Gasteiger partial charge in [-0.15, -0.1) is 5.92 Å². The summed E-state index contributed by atoms with van der Waals surface area (Å²) < 4.78 is 0. The van der Waals surface area contributed by atoms with E-state index in [1.165, 1.54) is 0 Å². The molecular weight excluding hydrogens is 69.7 g/mol. The molecule has 0 N–H and O–H groups in total. The monoisotopic (exact) mass is 78.1 g/mol. The van der Waals surface area contributed by atoms with Crippen molar-refractivity contribution in [1.82, 2.24) is 0 Å². The standard InChI is InChI=1S/C4H8B2/c1-6-4-2-3-5/h6H,3,5H2,1H3. The molecule has 0 saturated carbocycles. The van der Waals surface area contributed by atoms with Gasteiger partial charge in [-0.1, -0.05) is 6.82 Å². The summed E-state index contributed by atoms with van der Waals surface area (Å²) in [5.74, 6) is 5.90. The first-order valence-corrected chi connectivity index (χ1v) is 2.37. The van der Waals surface area contributed by atoms with Crippen LogP contribution in [0.4, 0.5) is 0 Å². The highest BCUT2D eigenvalue weighted by atomic mass is 13.4. The second-order valence-corrected chi connectivity index (χ2v) is 1.06. The van der Waals surface area contributed by atoms with Crippen LogP contribution in [0.15, 0.2) is 0 Å². The van der Waals surface area contributed by atoms with Crippen LogP contribution in [-0.4, -0.2) is 15.1 Å². The zero-order valence-electron chi connectivity index (χ0n) is 4.41. The molecule has 0 nitrogen and oxygen atoms in total. The molecule has 0 aliphatic heterocycles. The topological polar surface area (TPSA) is 0 Å². The van der Waals surface area contributed by atoms with Crippen LogP contribution in [-0.2, 0) is 0 Å². The second-order valence-electron chi connectivity index (χ2n) is 1.06. The molecule has 0 atom stereocenters. The van der Waals surface area contributed by atoms with Crippen LogP contribution in [0.2, 0.25) is 13.1 Å². The van der Waals surface area contributed by atoms with Crippen molar-refractivity contribution in [2.75, 3.05) is 0 Å². The van der Waals surface area contributed by atoms with Crippen LogP contribution in [0.3, 0.4) is 0 Å². The second kappa shape index (κ2) is 4.69. The molecule has 0 spiro atoms. The molecule has 0 heterocycles. The van der Waals surface area contributed by atoms with Crippen LogP contribution >= 0.6 is 0 Å². The van der Waals surface area contributed by atoms with Crippen LogP contribution in [0.25, 0.3) is 0 Å². The van der Waals surface area contributed by atoms with E-state index in [0.29, 0.717) is 0 Å². The summed E-state index contributed by atoms with van der Waals surface area (Å²) in [7, 11) is 3.05. The molecular formula is C4H8B2. The Hall–Kier alpha value is -0.310. The largest absolute Gasteiger partial charge is 0.210 e. The summed E-state index contributed by atoms with van der Waals surface area (Å²) >= 11 is 0. The summed E-state index contributed by atoms with van der Waals surface area (Å²) in [5, 5.41) is 0. The van der Waals surface area contributed by atoms with Gasteiger partial charge >= 0.3 is 0 Å². The Bertz CT molecular complexity index is 59.4. The molecule has 0 bridgehead atoms. The van der Waals surface area contributed by atoms with Gasteiger partial charge in [0.2, 0.25) is 7.28 Å². The average Bonchev–Trinajstić information content (AvgIpc) is 1.61. The molecule has 0 amide bonds. The van der Waals surface area contributed by atoms with Gasteiger partial charge in [0.05, 0.1) is 0 Å². The smallest absolute Gasteiger partial charge is 0.161 e. The first-order chi connectivity index (χ1) is 2.91. The zero-order valence-corrected chi connectivity index (χ0v) is 4.41. The third-order valence-corrected chi connectivity index (χ3v) is 0.479. The van der Waals surface area contributed by atoms with Crippen LogP contribution in [0.5, 0.6) is 0 Å². The van der Waals surface area contributed by atoms with Crippen LogP contribution in [0.1, 0.15) is 0 Å². The fraction of sp³-hybridized carbons (Fsp3) is 0.500. The lowest BCUT2D eigenvalue weighted by molar-refractivity contribution is 1.88. The Morgan fingerprint density at radius 3 is 2.67 bits per heavy atom. The van der Waals surface area contributed by atoms with Crippen molar-refractivity contribution in [3.05, 3.63) is 0 Å². The van der Waals surface area contributed by atoms with Gasteiger partial charge in [-0.3, -0.25) is 0 Å². The number of hydrogen-bond acceptors (Lipinski definition) is 0. The fourth-order valence-electron chi connectivity index (χ4n) is 0.250. The van der Waals surface area contributed by atoms with Crippen LogP contribution < -0.4 is 0 Å². The molecule has 30 valence electrons. The minimum Gasteiger partial charge on any atom is -0.161 e. The van der Waals surface area contributed by atoms with E-state index < -0.39 is 0 Å². The molecule has 0 rings (SSSR count). The van der Waals surface area contributed by atoms with Crippen molar-refractivity contribution in [2.45, 2.75) is 13.1 Å². The van der Waals surface area contributed by atoms with Gasteiger partial charge in [-0.25, -0.2) is 0 Å². The summed E-state index contributed by atoms with van der Waals surface area (Å²) in [6.07, 6.45) is 0.994. The van der Waals surface area contributed by atoms with Crippen molar-refractivity contribution < 1.29 is 0 Å². The minimum atomic E-state index is 0.994. The molecule has 0 aromatic rings. The summed E-state index contributed by atoms with van der Waals surface area (Å²) in [6, 6.07) is 0. The maximum absolute atomic E-state index is 2.95. The predicted octanol–water partition coefficient (Wildman–Crippen LogP) is -0.517. The van der Waals surface area contributed by atoms with Gasteiger partial charge < -0.3 is 0 Å². The molecule has 0 aromatic carbocycles. The molecule has 0 radical (unpaired) electrons. The molecule has 0 unspecified atom stereocenters. The maximum Gasteiger partial charge on any atom is 0.210 e. The Labute approximate surface area is 41.0 Å². The number of hydrogen-bond donors (Lipinski definition) is 0. The summed E-state index contributed by atoms with van der Waals surface area (Å²) in [6.45, 7) is 2.06.